The smallest absolute Gasteiger partial charge is 0.253 e. The maximum absolute atomic E-state index is 12.0. The highest BCUT2D eigenvalue weighted by Crippen LogP contribution is 2.29. The van der Waals surface area contributed by atoms with E-state index in [9.17, 15) is 4.79 Å². The van der Waals surface area contributed by atoms with Crippen LogP contribution in [0.15, 0.2) is 66.9 Å². The van der Waals surface area contributed by atoms with Crippen LogP contribution >= 0.6 is 11.3 Å². The molecule has 5 heteroatoms. The summed E-state index contributed by atoms with van der Waals surface area (Å²) in [4.78, 5) is 22.3. The highest BCUT2D eigenvalue weighted by molar-refractivity contribution is 7.16. The number of nitrogens with zero attached hydrogens (tertiary/aromatic N) is 1. The van der Waals surface area contributed by atoms with Crippen molar-refractivity contribution in [3.05, 3.63) is 88.7 Å². The molecule has 29 heavy (non-hydrogen) atoms. The fourth-order valence-corrected chi connectivity index (χ4v) is 4.44. The third-order valence-corrected chi connectivity index (χ3v) is 6.10. The lowest BCUT2D eigenvalue weighted by molar-refractivity contribution is 0.0946. The van der Waals surface area contributed by atoms with Crippen molar-refractivity contribution in [2.24, 2.45) is 0 Å². The van der Waals surface area contributed by atoms with Crippen LogP contribution in [0.25, 0.3) is 33.9 Å². The quantitative estimate of drug-likeness (QED) is 0.493. The van der Waals surface area contributed by atoms with E-state index in [1.165, 1.54) is 15.3 Å². The Morgan fingerprint density at radius 1 is 0.966 bits per heavy atom. The molecule has 0 radical (unpaired) electrons. The molecule has 4 nitrogen and oxygen atoms in total. The van der Waals surface area contributed by atoms with E-state index in [1.807, 2.05) is 30.3 Å². The molecule has 0 unspecified atom stereocenters. The van der Waals surface area contributed by atoms with E-state index >= 15 is 0 Å². The van der Waals surface area contributed by atoms with E-state index in [0.29, 0.717) is 6.54 Å². The fraction of sp³-hybridized carbons (Fsp3) is 0.0833. The first-order valence-electron chi connectivity index (χ1n) is 9.56. The molecule has 0 atom stereocenters. The molecule has 1 aliphatic heterocycles. The van der Waals surface area contributed by atoms with Crippen LogP contribution in [-0.4, -0.2) is 22.4 Å². The first-order chi connectivity index (χ1) is 14.3. The predicted molar refractivity (Wildman–Crippen MR) is 119 cm³/mol. The molecule has 1 aliphatic rings. The number of pyridine rings is 1. The number of fused-ring (bicyclic) bond motifs is 1. The number of benzene rings is 1. The van der Waals surface area contributed by atoms with Crippen molar-refractivity contribution < 1.29 is 4.79 Å². The number of rotatable bonds is 4. The van der Waals surface area contributed by atoms with Gasteiger partial charge in [0.25, 0.3) is 5.91 Å². The molecule has 2 N–H and O–H groups in total. The number of hydrogen-bond acceptors (Lipinski definition) is 3. The lowest BCUT2D eigenvalue weighted by Crippen LogP contribution is -2.31. The van der Waals surface area contributed by atoms with Crippen molar-refractivity contribution >= 4 is 29.4 Å². The number of aromatic nitrogens is 2. The van der Waals surface area contributed by atoms with Gasteiger partial charge in [0.15, 0.2) is 0 Å². The number of carbonyl (C=O) groups is 1. The Morgan fingerprint density at radius 3 is 2.72 bits per heavy atom. The lowest BCUT2D eigenvalue weighted by Gasteiger charge is -2.10. The van der Waals surface area contributed by atoms with Crippen molar-refractivity contribution in [3.8, 4) is 21.7 Å². The van der Waals surface area contributed by atoms with Crippen LogP contribution in [0.4, 0.5) is 0 Å². The van der Waals surface area contributed by atoms with Gasteiger partial charge in [-0.2, -0.15) is 0 Å². The average molecular weight is 398 g/mol. The van der Waals surface area contributed by atoms with Crippen molar-refractivity contribution in [1.82, 2.24) is 15.3 Å². The van der Waals surface area contributed by atoms with Crippen LogP contribution in [0.3, 0.4) is 0 Å². The summed E-state index contributed by atoms with van der Waals surface area (Å²) in [6.07, 6.45) is 6.76. The molecule has 4 aromatic rings. The molecule has 142 valence electrons. The predicted octanol–water partition coefficient (Wildman–Crippen LogP) is 5.26. The van der Waals surface area contributed by atoms with Gasteiger partial charge in [-0.15, -0.1) is 11.3 Å². The molecular formula is C24H19N3OS. The maximum Gasteiger partial charge on any atom is 0.253 e. The monoisotopic (exact) mass is 397 g/mol. The Balaban J connectivity index is 1.38. The molecular weight excluding hydrogens is 378 g/mol. The SMILES string of the molecule is O=C1NCCc2[nH]c(-c3ccnc(/C=C/c4ccc(-c5ccccc5)s4)c3)cc21. The third-order valence-electron chi connectivity index (χ3n) is 5.00. The first kappa shape index (κ1) is 17.6. The minimum absolute atomic E-state index is 0.00478. The lowest BCUT2D eigenvalue weighted by atomic mass is 10.1. The maximum atomic E-state index is 12.0. The van der Waals surface area contributed by atoms with Gasteiger partial charge in [0.05, 0.1) is 11.3 Å². The highest BCUT2D eigenvalue weighted by Gasteiger charge is 2.19. The van der Waals surface area contributed by atoms with Gasteiger partial charge in [0, 0.05) is 45.9 Å². The number of nitrogens with one attached hydrogen (secondary N) is 2. The topological polar surface area (TPSA) is 57.8 Å². The second kappa shape index (κ2) is 7.53. The molecule has 0 saturated heterocycles. The number of H-pyrrole nitrogens is 1. The zero-order valence-corrected chi connectivity index (χ0v) is 16.5. The van der Waals surface area contributed by atoms with Gasteiger partial charge in [0.1, 0.15) is 0 Å². The van der Waals surface area contributed by atoms with Gasteiger partial charge in [0.2, 0.25) is 0 Å². The van der Waals surface area contributed by atoms with E-state index in [1.54, 1.807) is 17.5 Å². The molecule has 0 spiro atoms. The zero-order chi connectivity index (χ0) is 19.6. The molecule has 5 rings (SSSR count). The molecule has 1 amide bonds. The van der Waals surface area contributed by atoms with Crippen molar-refractivity contribution in [3.63, 3.8) is 0 Å². The fourth-order valence-electron chi connectivity index (χ4n) is 3.52. The summed E-state index contributed by atoms with van der Waals surface area (Å²) in [5, 5.41) is 2.89. The molecule has 4 heterocycles. The Kier molecular flexibility index (Phi) is 4.58. The standard InChI is InChI=1S/C24H19N3OS/c28-24-20-15-22(27-21(20)11-13-26-24)17-10-12-25-18(14-17)6-7-19-8-9-23(29-19)16-4-2-1-3-5-16/h1-10,12,14-15,27H,11,13H2,(H,26,28)/b7-6+. The van der Waals surface area contributed by atoms with Gasteiger partial charge in [-0.25, -0.2) is 0 Å². The van der Waals surface area contributed by atoms with E-state index in [4.69, 9.17) is 0 Å². The molecule has 0 bridgehead atoms. The Labute approximate surface area is 173 Å². The van der Waals surface area contributed by atoms with Crippen molar-refractivity contribution in [2.45, 2.75) is 6.42 Å². The number of aromatic amines is 1. The van der Waals surface area contributed by atoms with Gasteiger partial charge in [-0.1, -0.05) is 30.3 Å². The zero-order valence-electron chi connectivity index (χ0n) is 15.7. The van der Waals surface area contributed by atoms with Crippen LogP contribution < -0.4 is 5.32 Å². The summed E-state index contributed by atoms with van der Waals surface area (Å²) in [6, 6.07) is 20.6. The molecule has 3 aromatic heterocycles. The summed E-state index contributed by atoms with van der Waals surface area (Å²) < 4.78 is 0. The average Bonchev–Trinajstić information content (AvgIpc) is 3.41. The van der Waals surface area contributed by atoms with Crippen LogP contribution in [0.1, 0.15) is 26.6 Å². The minimum Gasteiger partial charge on any atom is -0.358 e. The summed E-state index contributed by atoms with van der Waals surface area (Å²) in [5.74, 6) is -0.00478. The first-order valence-corrected chi connectivity index (χ1v) is 10.4. The van der Waals surface area contributed by atoms with Crippen molar-refractivity contribution in [1.29, 1.82) is 0 Å². The number of amides is 1. The van der Waals surface area contributed by atoms with Crippen LogP contribution in [0, 0.1) is 0 Å². The summed E-state index contributed by atoms with van der Waals surface area (Å²) in [6.45, 7) is 0.682. The Bertz CT molecular complexity index is 1200. The number of carbonyl (C=O) groups excluding carboxylic acids is 1. The van der Waals surface area contributed by atoms with Crippen LogP contribution in [0.5, 0.6) is 0 Å². The molecule has 0 aliphatic carbocycles. The largest absolute Gasteiger partial charge is 0.358 e. The molecule has 1 aromatic carbocycles. The van der Waals surface area contributed by atoms with E-state index in [0.717, 1.165) is 34.6 Å². The Morgan fingerprint density at radius 2 is 1.86 bits per heavy atom. The molecule has 0 saturated carbocycles. The summed E-state index contributed by atoms with van der Waals surface area (Å²) in [5.41, 5.74) is 5.84. The normalized spacial score (nSPS) is 13.4. The summed E-state index contributed by atoms with van der Waals surface area (Å²) in [7, 11) is 0. The van der Waals surface area contributed by atoms with Gasteiger partial charge in [-0.3, -0.25) is 9.78 Å². The summed E-state index contributed by atoms with van der Waals surface area (Å²) >= 11 is 1.76. The van der Waals surface area contributed by atoms with E-state index < -0.39 is 0 Å². The molecule has 0 fully saturated rings. The van der Waals surface area contributed by atoms with Gasteiger partial charge < -0.3 is 10.3 Å². The second-order valence-electron chi connectivity index (χ2n) is 6.95. The number of hydrogen-bond donors (Lipinski definition) is 2. The minimum atomic E-state index is -0.00478. The van der Waals surface area contributed by atoms with Gasteiger partial charge in [-0.05, 0) is 48.0 Å². The van der Waals surface area contributed by atoms with E-state index in [2.05, 4.69) is 57.8 Å². The van der Waals surface area contributed by atoms with E-state index in [-0.39, 0.29) is 5.91 Å². The van der Waals surface area contributed by atoms with Gasteiger partial charge >= 0.3 is 0 Å². The third kappa shape index (κ3) is 3.65. The van der Waals surface area contributed by atoms with Crippen LogP contribution in [0.2, 0.25) is 0 Å². The highest BCUT2D eigenvalue weighted by atomic mass is 32.1. The second-order valence-corrected chi connectivity index (χ2v) is 8.07. The number of thiophene rings is 1. The Hall–Kier alpha value is -3.44. The van der Waals surface area contributed by atoms with Crippen molar-refractivity contribution in [2.75, 3.05) is 6.54 Å². The van der Waals surface area contributed by atoms with Crippen LogP contribution in [-0.2, 0) is 6.42 Å².